The minimum Gasteiger partial charge on any atom is -0.508 e. The highest BCUT2D eigenvalue weighted by Gasteiger charge is 2.19. The second-order valence-electron chi connectivity index (χ2n) is 5.61. The molecule has 1 atom stereocenters. The second kappa shape index (κ2) is 6.75. The number of Topliss-reactive ketones (excluding diaryl/α,β-unsaturated/α-hetero) is 1. The number of benzene rings is 1. The summed E-state index contributed by atoms with van der Waals surface area (Å²) in [5, 5.41) is 19.0. The third-order valence-electron chi connectivity index (χ3n) is 4.17. The van der Waals surface area contributed by atoms with E-state index >= 15 is 0 Å². The Morgan fingerprint density at radius 2 is 2.10 bits per heavy atom. The lowest BCUT2D eigenvalue weighted by molar-refractivity contribution is 0.0929. The number of carbonyl (C=O) groups is 1. The smallest absolute Gasteiger partial charge is 0.180 e. The third-order valence-corrected chi connectivity index (χ3v) is 4.17. The predicted molar refractivity (Wildman–Crippen MR) is 78.2 cm³/mol. The summed E-state index contributed by atoms with van der Waals surface area (Å²) in [6.45, 7) is 4.46. The van der Waals surface area contributed by atoms with Gasteiger partial charge >= 0.3 is 0 Å². The molecule has 0 bridgehead atoms. The molecule has 0 amide bonds. The molecule has 1 heterocycles. The van der Waals surface area contributed by atoms with Gasteiger partial charge in [-0.2, -0.15) is 0 Å². The van der Waals surface area contributed by atoms with E-state index in [-0.39, 0.29) is 17.3 Å². The zero-order chi connectivity index (χ0) is 14.5. The quantitative estimate of drug-likeness (QED) is 0.831. The first-order valence-electron chi connectivity index (χ1n) is 7.37. The van der Waals surface area contributed by atoms with E-state index in [1.807, 2.05) is 0 Å². The molecule has 1 fully saturated rings. The van der Waals surface area contributed by atoms with E-state index in [1.165, 1.54) is 31.0 Å². The third kappa shape index (κ3) is 3.73. The van der Waals surface area contributed by atoms with Crippen LogP contribution in [0.1, 0.15) is 43.0 Å². The normalized spacial score (nSPS) is 20.6. The molecule has 0 radical (unpaired) electrons. The summed E-state index contributed by atoms with van der Waals surface area (Å²) in [6, 6.07) is 4.13. The zero-order valence-corrected chi connectivity index (χ0v) is 12.0. The minimum absolute atomic E-state index is 0.0281. The molecule has 2 N–H and O–H groups in total. The highest BCUT2D eigenvalue weighted by Crippen LogP contribution is 2.24. The summed E-state index contributed by atoms with van der Waals surface area (Å²) in [4.78, 5) is 14.4. The van der Waals surface area contributed by atoms with Crippen molar-refractivity contribution in [1.82, 2.24) is 4.90 Å². The summed E-state index contributed by atoms with van der Waals surface area (Å²) < 4.78 is 0. The molecule has 2 rings (SSSR count). The number of carbonyl (C=O) groups excluding carboxylic acids is 1. The number of phenolic OH excluding ortho intramolecular Hbond substituents is 2. The van der Waals surface area contributed by atoms with Gasteiger partial charge in [-0.1, -0.05) is 13.3 Å². The molecular formula is C16H23NO3. The predicted octanol–water partition coefficient (Wildman–Crippen LogP) is 2.79. The Labute approximate surface area is 120 Å². The van der Waals surface area contributed by atoms with Crippen LogP contribution in [0.2, 0.25) is 0 Å². The van der Waals surface area contributed by atoms with E-state index in [2.05, 4.69) is 11.8 Å². The van der Waals surface area contributed by atoms with E-state index in [0.717, 1.165) is 31.8 Å². The summed E-state index contributed by atoms with van der Waals surface area (Å²) >= 11 is 0. The zero-order valence-electron chi connectivity index (χ0n) is 12.0. The maximum atomic E-state index is 12.2. The molecule has 4 nitrogen and oxygen atoms in total. The van der Waals surface area contributed by atoms with Crippen LogP contribution in [0.5, 0.6) is 11.5 Å². The summed E-state index contributed by atoms with van der Waals surface area (Å²) in [6.07, 6.45) is 4.73. The molecule has 0 aliphatic carbocycles. The Kier molecular flexibility index (Phi) is 5.01. The Balaban J connectivity index is 1.97. The van der Waals surface area contributed by atoms with Gasteiger partial charge in [0.1, 0.15) is 11.5 Å². The number of aromatic hydroxyl groups is 2. The SMILES string of the molecule is CCC1CCCN(CC(=O)c2ccc(O)cc2O)CC1. The van der Waals surface area contributed by atoms with Crippen LogP contribution in [-0.2, 0) is 0 Å². The molecule has 0 saturated carbocycles. The average molecular weight is 277 g/mol. The first-order valence-corrected chi connectivity index (χ1v) is 7.37. The molecule has 20 heavy (non-hydrogen) atoms. The van der Waals surface area contributed by atoms with Gasteiger partial charge in [-0.05, 0) is 50.4 Å². The molecule has 1 saturated heterocycles. The van der Waals surface area contributed by atoms with Gasteiger partial charge in [0.25, 0.3) is 0 Å². The molecule has 1 aromatic rings. The summed E-state index contributed by atoms with van der Waals surface area (Å²) in [7, 11) is 0. The van der Waals surface area contributed by atoms with Crippen LogP contribution in [0.4, 0.5) is 0 Å². The Hall–Kier alpha value is -1.55. The molecule has 110 valence electrons. The molecule has 1 unspecified atom stereocenters. The lowest BCUT2D eigenvalue weighted by Crippen LogP contribution is -2.31. The lowest BCUT2D eigenvalue weighted by Gasteiger charge is -2.19. The standard InChI is InChI=1S/C16H23NO3/c1-2-12-4-3-8-17(9-7-12)11-16(20)14-6-5-13(18)10-15(14)19/h5-6,10,12,18-19H,2-4,7-9,11H2,1H3. The molecule has 1 aromatic carbocycles. The molecular weight excluding hydrogens is 254 g/mol. The summed E-state index contributed by atoms with van der Waals surface area (Å²) in [5.41, 5.74) is 0.291. The van der Waals surface area contributed by atoms with Gasteiger partial charge in [0, 0.05) is 6.07 Å². The van der Waals surface area contributed by atoms with E-state index < -0.39 is 0 Å². The van der Waals surface area contributed by atoms with Crippen LogP contribution in [-0.4, -0.2) is 40.5 Å². The van der Waals surface area contributed by atoms with Crippen molar-refractivity contribution in [3.05, 3.63) is 23.8 Å². The number of hydrogen-bond acceptors (Lipinski definition) is 4. The van der Waals surface area contributed by atoms with E-state index in [4.69, 9.17) is 0 Å². The van der Waals surface area contributed by atoms with Crippen molar-refractivity contribution in [1.29, 1.82) is 0 Å². The first-order chi connectivity index (χ1) is 9.60. The average Bonchev–Trinajstić information content (AvgIpc) is 2.63. The maximum absolute atomic E-state index is 12.2. The highest BCUT2D eigenvalue weighted by molar-refractivity contribution is 6.00. The molecule has 0 spiro atoms. The van der Waals surface area contributed by atoms with Crippen LogP contribution in [0.25, 0.3) is 0 Å². The molecule has 0 aromatic heterocycles. The highest BCUT2D eigenvalue weighted by atomic mass is 16.3. The Morgan fingerprint density at radius 1 is 1.30 bits per heavy atom. The molecule has 1 aliphatic heterocycles. The van der Waals surface area contributed by atoms with Gasteiger partial charge in [-0.15, -0.1) is 0 Å². The van der Waals surface area contributed by atoms with E-state index in [9.17, 15) is 15.0 Å². The van der Waals surface area contributed by atoms with Gasteiger partial charge in [0.05, 0.1) is 12.1 Å². The number of hydrogen-bond donors (Lipinski definition) is 2. The van der Waals surface area contributed by atoms with Crippen molar-refractivity contribution in [3.63, 3.8) is 0 Å². The largest absolute Gasteiger partial charge is 0.508 e. The van der Waals surface area contributed by atoms with Crippen LogP contribution in [0.15, 0.2) is 18.2 Å². The first kappa shape index (κ1) is 14.9. The minimum atomic E-state index is -0.142. The lowest BCUT2D eigenvalue weighted by atomic mass is 9.98. The van der Waals surface area contributed by atoms with Crippen LogP contribution in [0.3, 0.4) is 0 Å². The van der Waals surface area contributed by atoms with Crippen LogP contribution >= 0.6 is 0 Å². The fourth-order valence-corrected chi connectivity index (χ4v) is 2.84. The Bertz CT molecular complexity index is 473. The van der Waals surface area contributed by atoms with Crippen molar-refractivity contribution in [2.75, 3.05) is 19.6 Å². The summed E-state index contributed by atoms with van der Waals surface area (Å²) in [5.74, 6) is 0.519. The van der Waals surface area contributed by atoms with Crippen molar-refractivity contribution >= 4 is 5.78 Å². The topological polar surface area (TPSA) is 60.8 Å². The van der Waals surface area contributed by atoms with Crippen LogP contribution < -0.4 is 0 Å². The Morgan fingerprint density at radius 3 is 2.80 bits per heavy atom. The van der Waals surface area contributed by atoms with Crippen molar-refractivity contribution in [2.24, 2.45) is 5.92 Å². The second-order valence-corrected chi connectivity index (χ2v) is 5.61. The fourth-order valence-electron chi connectivity index (χ4n) is 2.84. The van der Waals surface area contributed by atoms with Crippen molar-refractivity contribution in [3.8, 4) is 11.5 Å². The number of nitrogens with zero attached hydrogens (tertiary/aromatic N) is 1. The number of likely N-dealkylation sites (tertiary alicyclic amines) is 1. The van der Waals surface area contributed by atoms with Gasteiger partial charge in [-0.25, -0.2) is 0 Å². The van der Waals surface area contributed by atoms with Crippen molar-refractivity contribution < 1.29 is 15.0 Å². The molecule has 4 heteroatoms. The maximum Gasteiger partial charge on any atom is 0.180 e. The fraction of sp³-hybridized carbons (Fsp3) is 0.562. The van der Waals surface area contributed by atoms with Gasteiger partial charge in [0.15, 0.2) is 5.78 Å². The van der Waals surface area contributed by atoms with Gasteiger partial charge in [0.2, 0.25) is 0 Å². The van der Waals surface area contributed by atoms with Gasteiger partial charge < -0.3 is 10.2 Å². The van der Waals surface area contributed by atoms with E-state index in [0.29, 0.717) is 12.1 Å². The van der Waals surface area contributed by atoms with Crippen LogP contribution in [0, 0.1) is 5.92 Å². The number of ketones is 1. The van der Waals surface area contributed by atoms with Crippen molar-refractivity contribution in [2.45, 2.75) is 32.6 Å². The number of rotatable bonds is 4. The molecule has 1 aliphatic rings. The van der Waals surface area contributed by atoms with Gasteiger partial charge in [-0.3, -0.25) is 9.69 Å². The van der Waals surface area contributed by atoms with E-state index in [1.54, 1.807) is 0 Å². The monoisotopic (exact) mass is 277 g/mol. The number of phenols is 2.